The topological polar surface area (TPSA) is 29.1 Å². The van der Waals surface area contributed by atoms with Crippen LogP contribution in [0, 0.1) is 3.57 Å². The molecule has 1 aliphatic rings. The third-order valence-corrected chi connectivity index (χ3v) is 4.36. The zero-order chi connectivity index (χ0) is 10.7. The molecule has 1 aliphatic heterocycles. The third kappa shape index (κ3) is 3.11. The van der Waals surface area contributed by atoms with E-state index in [0.29, 0.717) is 0 Å². The van der Waals surface area contributed by atoms with Gasteiger partial charge in [0.25, 0.3) is 0 Å². The van der Waals surface area contributed by atoms with Gasteiger partial charge in [-0.25, -0.2) is 0 Å². The molecule has 0 aromatic heterocycles. The van der Waals surface area contributed by atoms with Gasteiger partial charge in [0.2, 0.25) is 5.91 Å². The van der Waals surface area contributed by atoms with Crippen LogP contribution in [0.15, 0.2) is 24.3 Å². The normalized spacial score (nSPS) is 20.2. The summed E-state index contributed by atoms with van der Waals surface area (Å²) < 4.78 is 1.14. The largest absolute Gasteiger partial charge is 0.325 e. The SMILES string of the molecule is O=C(Nc1cccc(I)c1)C1CCCS1. The third-order valence-electron chi connectivity index (χ3n) is 2.31. The van der Waals surface area contributed by atoms with Gasteiger partial charge in [-0.3, -0.25) is 4.79 Å². The first kappa shape index (κ1) is 11.3. The molecule has 0 spiro atoms. The summed E-state index contributed by atoms with van der Waals surface area (Å²) in [5.41, 5.74) is 0.902. The Hall–Kier alpha value is -0.230. The maximum atomic E-state index is 11.8. The molecule has 1 heterocycles. The molecule has 1 unspecified atom stereocenters. The lowest BCUT2D eigenvalue weighted by atomic mass is 10.2. The van der Waals surface area contributed by atoms with Crippen LogP contribution >= 0.6 is 34.4 Å². The standard InChI is InChI=1S/C11H12INOS/c12-8-3-1-4-9(7-8)13-11(14)10-5-2-6-15-10/h1,3-4,7,10H,2,5-6H2,(H,13,14). The smallest absolute Gasteiger partial charge is 0.237 e. The summed E-state index contributed by atoms with van der Waals surface area (Å²) in [4.78, 5) is 11.8. The molecule has 2 nitrogen and oxygen atoms in total. The molecule has 1 amide bonds. The van der Waals surface area contributed by atoms with Gasteiger partial charge >= 0.3 is 0 Å². The molecule has 0 radical (unpaired) electrons. The number of anilines is 1. The number of hydrogen-bond acceptors (Lipinski definition) is 2. The van der Waals surface area contributed by atoms with Crippen LogP contribution in [0.25, 0.3) is 0 Å². The van der Waals surface area contributed by atoms with E-state index < -0.39 is 0 Å². The summed E-state index contributed by atoms with van der Waals surface area (Å²) in [7, 11) is 0. The molecule has 0 bridgehead atoms. The Morgan fingerprint density at radius 1 is 1.53 bits per heavy atom. The van der Waals surface area contributed by atoms with Crippen LogP contribution in [0.5, 0.6) is 0 Å². The molecule has 80 valence electrons. The summed E-state index contributed by atoms with van der Waals surface area (Å²) in [6.45, 7) is 0. The number of halogens is 1. The number of benzene rings is 1. The highest BCUT2D eigenvalue weighted by molar-refractivity contribution is 14.1. The van der Waals surface area contributed by atoms with Crippen molar-refractivity contribution in [3.63, 3.8) is 0 Å². The van der Waals surface area contributed by atoms with Crippen molar-refractivity contribution in [1.82, 2.24) is 0 Å². The highest BCUT2D eigenvalue weighted by Gasteiger charge is 2.23. The molecule has 1 N–H and O–H groups in total. The lowest BCUT2D eigenvalue weighted by Gasteiger charge is -2.09. The molecular formula is C11H12INOS. The van der Waals surface area contributed by atoms with Crippen molar-refractivity contribution in [2.75, 3.05) is 11.1 Å². The van der Waals surface area contributed by atoms with Crippen LogP contribution in [-0.4, -0.2) is 16.9 Å². The minimum absolute atomic E-state index is 0.152. The zero-order valence-electron chi connectivity index (χ0n) is 8.20. The molecule has 1 aromatic rings. The Labute approximate surface area is 107 Å². The van der Waals surface area contributed by atoms with Gasteiger partial charge in [-0.05, 0) is 59.4 Å². The van der Waals surface area contributed by atoms with Crippen LogP contribution < -0.4 is 5.32 Å². The number of amides is 1. The van der Waals surface area contributed by atoms with E-state index in [2.05, 4.69) is 27.9 Å². The Kier molecular flexibility index (Phi) is 3.91. The summed E-state index contributed by atoms with van der Waals surface area (Å²) >= 11 is 4.00. The summed E-state index contributed by atoms with van der Waals surface area (Å²) in [6.07, 6.45) is 2.18. The lowest BCUT2D eigenvalue weighted by Crippen LogP contribution is -2.22. The quantitative estimate of drug-likeness (QED) is 0.843. The van der Waals surface area contributed by atoms with Gasteiger partial charge in [0.1, 0.15) is 0 Å². The number of carbonyl (C=O) groups excluding carboxylic acids is 1. The maximum Gasteiger partial charge on any atom is 0.237 e. The van der Waals surface area contributed by atoms with E-state index in [1.807, 2.05) is 24.3 Å². The monoisotopic (exact) mass is 333 g/mol. The summed E-state index contributed by atoms with van der Waals surface area (Å²) in [6, 6.07) is 7.89. The highest BCUT2D eigenvalue weighted by atomic mass is 127. The van der Waals surface area contributed by atoms with Crippen molar-refractivity contribution >= 4 is 45.9 Å². The number of nitrogens with one attached hydrogen (secondary N) is 1. The van der Waals surface area contributed by atoms with E-state index in [1.54, 1.807) is 11.8 Å². The molecule has 1 atom stereocenters. The van der Waals surface area contributed by atoms with E-state index >= 15 is 0 Å². The van der Waals surface area contributed by atoms with Gasteiger partial charge in [0.15, 0.2) is 0 Å². The molecule has 0 aliphatic carbocycles. The van der Waals surface area contributed by atoms with E-state index in [1.165, 1.54) is 0 Å². The molecule has 2 rings (SSSR count). The van der Waals surface area contributed by atoms with Crippen LogP contribution in [0.1, 0.15) is 12.8 Å². The van der Waals surface area contributed by atoms with Gasteiger partial charge in [0, 0.05) is 9.26 Å². The number of hydrogen-bond donors (Lipinski definition) is 1. The van der Waals surface area contributed by atoms with E-state index in [9.17, 15) is 4.79 Å². The van der Waals surface area contributed by atoms with Crippen molar-refractivity contribution in [3.8, 4) is 0 Å². The first-order valence-corrected chi connectivity index (χ1v) is 7.06. The number of thioether (sulfide) groups is 1. The first-order valence-electron chi connectivity index (χ1n) is 4.94. The lowest BCUT2D eigenvalue weighted by molar-refractivity contribution is -0.115. The van der Waals surface area contributed by atoms with Gasteiger partial charge < -0.3 is 5.32 Å². The average molecular weight is 333 g/mol. The predicted octanol–water partition coefficient (Wildman–Crippen LogP) is 3.13. The van der Waals surface area contributed by atoms with Crippen LogP contribution in [0.4, 0.5) is 5.69 Å². The Bertz CT molecular complexity index is 363. The van der Waals surface area contributed by atoms with Crippen molar-refractivity contribution in [2.24, 2.45) is 0 Å². The van der Waals surface area contributed by atoms with Gasteiger partial charge in [-0.2, -0.15) is 0 Å². The second-order valence-corrected chi connectivity index (χ2v) is 6.06. The summed E-state index contributed by atoms with van der Waals surface area (Å²) in [5.74, 6) is 1.27. The predicted molar refractivity (Wildman–Crippen MR) is 73.3 cm³/mol. The number of rotatable bonds is 2. The Morgan fingerprint density at radius 3 is 3.07 bits per heavy atom. The second kappa shape index (κ2) is 5.21. The van der Waals surface area contributed by atoms with E-state index in [0.717, 1.165) is 27.9 Å². The summed E-state index contributed by atoms with van der Waals surface area (Å²) in [5, 5.41) is 3.12. The van der Waals surface area contributed by atoms with Crippen LogP contribution in [0.2, 0.25) is 0 Å². The van der Waals surface area contributed by atoms with Crippen molar-refractivity contribution in [3.05, 3.63) is 27.8 Å². The minimum Gasteiger partial charge on any atom is -0.325 e. The van der Waals surface area contributed by atoms with Gasteiger partial charge in [-0.1, -0.05) is 6.07 Å². The van der Waals surface area contributed by atoms with Crippen molar-refractivity contribution < 1.29 is 4.79 Å². The second-order valence-electron chi connectivity index (χ2n) is 3.50. The Balaban J connectivity index is 1.99. The number of carbonyl (C=O) groups is 1. The first-order chi connectivity index (χ1) is 7.25. The van der Waals surface area contributed by atoms with Crippen molar-refractivity contribution in [1.29, 1.82) is 0 Å². The average Bonchev–Trinajstić information content (AvgIpc) is 2.70. The zero-order valence-corrected chi connectivity index (χ0v) is 11.2. The van der Waals surface area contributed by atoms with Crippen molar-refractivity contribution in [2.45, 2.75) is 18.1 Å². The maximum absolute atomic E-state index is 11.8. The molecule has 15 heavy (non-hydrogen) atoms. The fourth-order valence-corrected chi connectivity index (χ4v) is 3.28. The van der Waals surface area contributed by atoms with E-state index in [4.69, 9.17) is 0 Å². The van der Waals surface area contributed by atoms with Gasteiger partial charge in [-0.15, -0.1) is 11.8 Å². The molecule has 0 saturated carbocycles. The van der Waals surface area contributed by atoms with Gasteiger partial charge in [0.05, 0.1) is 5.25 Å². The molecule has 4 heteroatoms. The molecule has 1 aromatic carbocycles. The molecule has 1 fully saturated rings. The Morgan fingerprint density at radius 2 is 2.40 bits per heavy atom. The minimum atomic E-state index is 0.152. The van der Waals surface area contributed by atoms with Crippen LogP contribution in [0.3, 0.4) is 0 Å². The van der Waals surface area contributed by atoms with Crippen LogP contribution in [-0.2, 0) is 4.79 Å². The highest BCUT2D eigenvalue weighted by Crippen LogP contribution is 2.27. The molecule has 1 saturated heterocycles. The van der Waals surface area contributed by atoms with E-state index in [-0.39, 0.29) is 11.2 Å². The molecular weight excluding hydrogens is 321 g/mol. The fourth-order valence-electron chi connectivity index (χ4n) is 1.57. The fraction of sp³-hybridized carbons (Fsp3) is 0.364.